The van der Waals surface area contributed by atoms with E-state index in [2.05, 4.69) is 4.98 Å². The molecular formula is C14H11NO2S. The molecule has 2 aromatic carbocycles. The number of fused-ring (bicyclic) bond motifs is 1. The molecule has 0 unspecified atom stereocenters. The van der Waals surface area contributed by atoms with Crippen molar-refractivity contribution in [3.8, 4) is 22.1 Å². The van der Waals surface area contributed by atoms with E-state index < -0.39 is 0 Å². The molecule has 0 atom stereocenters. The van der Waals surface area contributed by atoms with Crippen LogP contribution in [0.4, 0.5) is 0 Å². The first-order chi connectivity index (χ1) is 8.66. The van der Waals surface area contributed by atoms with Crippen LogP contribution >= 0.6 is 11.3 Å². The van der Waals surface area contributed by atoms with Crippen LogP contribution in [0.3, 0.4) is 0 Å². The van der Waals surface area contributed by atoms with E-state index in [1.54, 1.807) is 19.1 Å². The molecule has 0 aliphatic heterocycles. The SMILES string of the molecule is Cc1c(O)ccc(-c2nc3ccccc3s2)c1O. The topological polar surface area (TPSA) is 53.4 Å². The van der Waals surface area contributed by atoms with Crippen molar-refractivity contribution < 1.29 is 10.2 Å². The molecule has 4 heteroatoms. The van der Waals surface area contributed by atoms with Gasteiger partial charge >= 0.3 is 0 Å². The smallest absolute Gasteiger partial charge is 0.132 e. The van der Waals surface area contributed by atoms with E-state index in [-0.39, 0.29) is 11.5 Å². The second-order valence-electron chi connectivity index (χ2n) is 4.09. The average molecular weight is 257 g/mol. The molecule has 3 aromatic rings. The highest BCUT2D eigenvalue weighted by Crippen LogP contribution is 2.39. The Bertz CT molecular complexity index is 701. The summed E-state index contributed by atoms with van der Waals surface area (Å²) in [5, 5.41) is 20.4. The number of rotatable bonds is 1. The Morgan fingerprint density at radius 2 is 1.83 bits per heavy atom. The molecule has 0 spiro atoms. The molecule has 1 heterocycles. The second-order valence-corrected chi connectivity index (χ2v) is 5.12. The van der Waals surface area contributed by atoms with Gasteiger partial charge in [-0.15, -0.1) is 11.3 Å². The van der Waals surface area contributed by atoms with E-state index >= 15 is 0 Å². The van der Waals surface area contributed by atoms with Crippen LogP contribution in [-0.4, -0.2) is 15.2 Å². The Kier molecular flexibility index (Phi) is 2.45. The van der Waals surface area contributed by atoms with Crippen molar-refractivity contribution in [2.24, 2.45) is 0 Å². The Morgan fingerprint density at radius 1 is 1.06 bits per heavy atom. The van der Waals surface area contributed by atoms with Crippen LogP contribution < -0.4 is 0 Å². The van der Waals surface area contributed by atoms with Gasteiger partial charge in [0.1, 0.15) is 16.5 Å². The summed E-state index contributed by atoms with van der Waals surface area (Å²) in [5.74, 6) is 0.186. The summed E-state index contributed by atoms with van der Waals surface area (Å²) in [6.07, 6.45) is 0. The highest BCUT2D eigenvalue weighted by Gasteiger charge is 2.13. The lowest BCUT2D eigenvalue weighted by atomic mass is 10.1. The lowest BCUT2D eigenvalue weighted by Crippen LogP contribution is -1.82. The second kappa shape index (κ2) is 3.99. The van der Waals surface area contributed by atoms with Crippen molar-refractivity contribution in [3.05, 3.63) is 42.0 Å². The van der Waals surface area contributed by atoms with Crippen molar-refractivity contribution >= 4 is 21.6 Å². The molecule has 3 rings (SSSR count). The van der Waals surface area contributed by atoms with E-state index in [9.17, 15) is 10.2 Å². The molecule has 0 radical (unpaired) electrons. The summed E-state index contributed by atoms with van der Waals surface area (Å²) in [7, 11) is 0. The molecule has 0 amide bonds. The zero-order valence-corrected chi connectivity index (χ0v) is 10.5. The van der Waals surface area contributed by atoms with Gasteiger partial charge in [-0.3, -0.25) is 0 Å². The number of phenolic OH excluding ortho intramolecular Hbond substituents is 2. The van der Waals surface area contributed by atoms with Crippen LogP contribution in [0.5, 0.6) is 11.5 Å². The van der Waals surface area contributed by atoms with E-state index in [0.29, 0.717) is 11.1 Å². The number of hydrogen-bond acceptors (Lipinski definition) is 4. The monoisotopic (exact) mass is 257 g/mol. The molecule has 0 saturated heterocycles. The number of thiazole rings is 1. The quantitative estimate of drug-likeness (QED) is 0.699. The third-order valence-corrected chi connectivity index (χ3v) is 4.00. The third-order valence-electron chi connectivity index (χ3n) is 2.93. The Morgan fingerprint density at radius 3 is 2.61 bits per heavy atom. The van der Waals surface area contributed by atoms with Gasteiger partial charge in [0, 0.05) is 5.56 Å². The van der Waals surface area contributed by atoms with Crippen LogP contribution in [0.25, 0.3) is 20.8 Å². The molecule has 0 bridgehead atoms. The number of phenols is 2. The van der Waals surface area contributed by atoms with Crippen LogP contribution in [0.1, 0.15) is 5.56 Å². The molecule has 90 valence electrons. The molecule has 0 aliphatic rings. The fourth-order valence-corrected chi connectivity index (χ4v) is 2.84. The summed E-state index contributed by atoms with van der Waals surface area (Å²) in [6.45, 7) is 1.68. The summed E-state index contributed by atoms with van der Waals surface area (Å²) in [4.78, 5) is 4.49. The largest absolute Gasteiger partial charge is 0.508 e. The highest BCUT2D eigenvalue weighted by atomic mass is 32.1. The van der Waals surface area contributed by atoms with Gasteiger partial charge in [0.05, 0.1) is 15.8 Å². The zero-order chi connectivity index (χ0) is 12.7. The normalized spacial score (nSPS) is 10.9. The van der Waals surface area contributed by atoms with Crippen LogP contribution in [-0.2, 0) is 0 Å². The van der Waals surface area contributed by atoms with Gasteiger partial charge in [0.25, 0.3) is 0 Å². The van der Waals surface area contributed by atoms with Crippen molar-refractivity contribution in [2.75, 3.05) is 0 Å². The predicted octanol–water partition coefficient (Wildman–Crippen LogP) is 3.68. The maximum absolute atomic E-state index is 10.1. The predicted molar refractivity (Wildman–Crippen MR) is 73.1 cm³/mol. The van der Waals surface area contributed by atoms with Gasteiger partial charge in [-0.1, -0.05) is 12.1 Å². The van der Waals surface area contributed by atoms with Crippen LogP contribution in [0, 0.1) is 6.92 Å². The zero-order valence-electron chi connectivity index (χ0n) is 9.71. The van der Waals surface area contributed by atoms with Crippen molar-refractivity contribution in [2.45, 2.75) is 6.92 Å². The molecule has 1 aromatic heterocycles. The fourth-order valence-electron chi connectivity index (χ4n) is 1.85. The van der Waals surface area contributed by atoms with Gasteiger partial charge in [0.2, 0.25) is 0 Å². The van der Waals surface area contributed by atoms with Crippen LogP contribution in [0.2, 0.25) is 0 Å². The van der Waals surface area contributed by atoms with Crippen LogP contribution in [0.15, 0.2) is 36.4 Å². The molecular weight excluding hydrogens is 246 g/mol. The lowest BCUT2D eigenvalue weighted by molar-refractivity contribution is 0.444. The van der Waals surface area contributed by atoms with E-state index in [1.165, 1.54) is 11.3 Å². The van der Waals surface area contributed by atoms with Gasteiger partial charge in [-0.05, 0) is 31.2 Å². The molecule has 2 N–H and O–H groups in total. The standard InChI is InChI=1S/C14H11NO2S/c1-8-11(16)7-6-9(13(8)17)14-15-10-4-2-3-5-12(10)18-14/h2-7,16-17H,1H3. The minimum absolute atomic E-state index is 0.0917. The Labute approximate surface area is 108 Å². The first kappa shape index (κ1) is 11.0. The molecule has 0 fully saturated rings. The van der Waals surface area contributed by atoms with Crippen molar-refractivity contribution in [1.29, 1.82) is 0 Å². The number of para-hydroxylation sites is 1. The Hall–Kier alpha value is -2.07. The number of aromatic nitrogens is 1. The number of aromatic hydroxyl groups is 2. The first-order valence-corrected chi connectivity index (χ1v) is 6.36. The number of benzene rings is 2. The van der Waals surface area contributed by atoms with Gasteiger partial charge in [-0.2, -0.15) is 0 Å². The van der Waals surface area contributed by atoms with E-state index in [4.69, 9.17) is 0 Å². The van der Waals surface area contributed by atoms with E-state index in [0.717, 1.165) is 15.2 Å². The molecule has 3 nitrogen and oxygen atoms in total. The summed E-state index contributed by atoms with van der Waals surface area (Å²) in [6, 6.07) is 11.1. The third kappa shape index (κ3) is 1.62. The molecule has 0 saturated carbocycles. The minimum atomic E-state index is 0.0917. The number of nitrogens with zero attached hydrogens (tertiary/aromatic N) is 1. The molecule has 0 aliphatic carbocycles. The van der Waals surface area contributed by atoms with Crippen molar-refractivity contribution in [3.63, 3.8) is 0 Å². The maximum atomic E-state index is 10.1. The fraction of sp³-hybridized carbons (Fsp3) is 0.0714. The van der Waals surface area contributed by atoms with Gasteiger partial charge in [0.15, 0.2) is 0 Å². The van der Waals surface area contributed by atoms with Gasteiger partial charge < -0.3 is 10.2 Å². The summed E-state index contributed by atoms with van der Waals surface area (Å²) >= 11 is 1.53. The Balaban J connectivity index is 2.23. The summed E-state index contributed by atoms with van der Waals surface area (Å²) in [5.41, 5.74) is 2.06. The summed E-state index contributed by atoms with van der Waals surface area (Å²) < 4.78 is 1.08. The van der Waals surface area contributed by atoms with E-state index in [1.807, 2.05) is 24.3 Å². The van der Waals surface area contributed by atoms with Crippen molar-refractivity contribution in [1.82, 2.24) is 4.98 Å². The minimum Gasteiger partial charge on any atom is -0.508 e. The average Bonchev–Trinajstić information content (AvgIpc) is 2.79. The number of hydrogen-bond donors (Lipinski definition) is 2. The highest BCUT2D eigenvalue weighted by molar-refractivity contribution is 7.21. The molecule has 18 heavy (non-hydrogen) atoms. The maximum Gasteiger partial charge on any atom is 0.132 e. The van der Waals surface area contributed by atoms with Gasteiger partial charge in [-0.25, -0.2) is 4.98 Å². The first-order valence-electron chi connectivity index (χ1n) is 5.54. The lowest BCUT2D eigenvalue weighted by Gasteiger charge is -2.05.